The van der Waals surface area contributed by atoms with Gasteiger partial charge in [-0.05, 0) is 29.8 Å². The van der Waals surface area contributed by atoms with Crippen molar-refractivity contribution in [3.05, 3.63) is 71.4 Å². The molecule has 0 aromatic heterocycles. The van der Waals surface area contributed by atoms with Gasteiger partial charge >= 0.3 is 0 Å². The second-order valence-electron chi connectivity index (χ2n) is 6.64. The average Bonchev–Trinajstić information content (AvgIpc) is 2.82. The zero-order valence-corrected chi connectivity index (χ0v) is 15.0. The SMILES string of the molecule is CN1C(=CC=NN=CC(=O)c2ccccc2O)C(C)(C)c2ccccc21. The number of para-hydroxylation sites is 2. The van der Waals surface area contributed by atoms with Crippen LogP contribution in [0, 0.1) is 0 Å². The molecular formula is C21H21N3O2. The second kappa shape index (κ2) is 6.96. The minimum absolute atomic E-state index is 0.0675. The Morgan fingerprint density at radius 3 is 2.50 bits per heavy atom. The van der Waals surface area contributed by atoms with Crippen LogP contribution in [0.2, 0.25) is 0 Å². The van der Waals surface area contributed by atoms with Crippen molar-refractivity contribution in [2.24, 2.45) is 10.2 Å². The van der Waals surface area contributed by atoms with Gasteiger partial charge < -0.3 is 10.0 Å². The lowest BCUT2D eigenvalue weighted by Gasteiger charge is -2.23. The highest BCUT2D eigenvalue weighted by Crippen LogP contribution is 2.46. The molecule has 1 aliphatic rings. The largest absolute Gasteiger partial charge is 0.507 e. The number of fused-ring (bicyclic) bond motifs is 1. The van der Waals surface area contributed by atoms with E-state index in [2.05, 4.69) is 41.1 Å². The Balaban J connectivity index is 1.74. The third kappa shape index (κ3) is 3.16. The Kier molecular flexibility index (Phi) is 4.71. The highest BCUT2D eigenvalue weighted by molar-refractivity contribution is 6.36. The van der Waals surface area contributed by atoms with Crippen LogP contribution in [-0.4, -0.2) is 30.4 Å². The Hall–Kier alpha value is -3.21. The molecule has 1 N–H and O–H groups in total. The summed E-state index contributed by atoms with van der Waals surface area (Å²) in [6.45, 7) is 4.33. The van der Waals surface area contributed by atoms with Gasteiger partial charge in [0.25, 0.3) is 0 Å². The van der Waals surface area contributed by atoms with E-state index < -0.39 is 5.78 Å². The number of ketones is 1. The molecule has 0 bridgehead atoms. The molecule has 0 aliphatic carbocycles. The van der Waals surface area contributed by atoms with Crippen LogP contribution < -0.4 is 4.90 Å². The van der Waals surface area contributed by atoms with Gasteiger partial charge in [0.05, 0.1) is 18.0 Å². The molecule has 1 heterocycles. The normalized spacial score (nSPS) is 17.3. The van der Waals surface area contributed by atoms with Crippen molar-refractivity contribution in [2.45, 2.75) is 19.3 Å². The first-order chi connectivity index (χ1) is 12.4. The number of carbonyl (C=O) groups is 1. The minimum Gasteiger partial charge on any atom is -0.507 e. The fourth-order valence-corrected chi connectivity index (χ4v) is 3.28. The summed E-state index contributed by atoms with van der Waals surface area (Å²) in [4.78, 5) is 14.1. The Labute approximate surface area is 153 Å². The molecule has 0 radical (unpaired) electrons. The predicted octanol–water partition coefficient (Wildman–Crippen LogP) is 3.94. The molecule has 0 atom stereocenters. The third-order valence-corrected chi connectivity index (χ3v) is 4.65. The fraction of sp³-hybridized carbons (Fsp3) is 0.190. The monoisotopic (exact) mass is 347 g/mol. The van der Waals surface area contributed by atoms with E-state index >= 15 is 0 Å². The minimum atomic E-state index is -0.390. The quantitative estimate of drug-likeness (QED) is 0.517. The van der Waals surface area contributed by atoms with Gasteiger partial charge in [0, 0.05) is 23.8 Å². The highest BCUT2D eigenvalue weighted by atomic mass is 16.3. The van der Waals surface area contributed by atoms with Gasteiger partial charge in [0.2, 0.25) is 5.78 Å². The first kappa shape index (κ1) is 17.6. The molecule has 0 saturated carbocycles. The fourth-order valence-electron chi connectivity index (χ4n) is 3.28. The van der Waals surface area contributed by atoms with Crippen molar-refractivity contribution in [1.82, 2.24) is 0 Å². The van der Waals surface area contributed by atoms with Crippen LogP contribution in [0.15, 0.2) is 70.5 Å². The van der Waals surface area contributed by atoms with Crippen LogP contribution in [0.1, 0.15) is 29.8 Å². The molecule has 0 fully saturated rings. The number of hydrogen-bond donors (Lipinski definition) is 1. The number of allylic oxidation sites excluding steroid dienone is 2. The zero-order valence-electron chi connectivity index (χ0n) is 15.0. The third-order valence-electron chi connectivity index (χ3n) is 4.65. The molecular weight excluding hydrogens is 326 g/mol. The van der Waals surface area contributed by atoms with Crippen LogP contribution in [0.4, 0.5) is 5.69 Å². The van der Waals surface area contributed by atoms with Crippen LogP contribution in [0.5, 0.6) is 5.75 Å². The molecule has 5 heteroatoms. The maximum absolute atomic E-state index is 12.0. The number of hydrogen-bond acceptors (Lipinski definition) is 5. The molecule has 0 spiro atoms. The Morgan fingerprint density at radius 1 is 1.08 bits per heavy atom. The molecule has 0 saturated heterocycles. The number of rotatable bonds is 4. The molecule has 2 aromatic carbocycles. The first-order valence-corrected chi connectivity index (χ1v) is 8.35. The number of nitrogens with zero attached hydrogens (tertiary/aromatic N) is 3. The molecule has 3 rings (SSSR count). The van der Waals surface area contributed by atoms with E-state index in [9.17, 15) is 9.90 Å². The van der Waals surface area contributed by atoms with Crippen LogP contribution >= 0.6 is 0 Å². The number of carbonyl (C=O) groups excluding carboxylic acids is 1. The van der Waals surface area contributed by atoms with E-state index in [0.29, 0.717) is 0 Å². The van der Waals surface area contributed by atoms with E-state index in [1.54, 1.807) is 24.4 Å². The van der Waals surface area contributed by atoms with E-state index in [4.69, 9.17) is 0 Å². The molecule has 132 valence electrons. The summed E-state index contributed by atoms with van der Waals surface area (Å²) in [6, 6.07) is 14.6. The van der Waals surface area contributed by atoms with Crippen molar-refractivity contribution in [2.75, 3.05) is 11.9 Å². The number of aromatic hydroxyl groups is 1. The number of Topliss-reactive ketones (excluding diaryl/α,β-unsaturated/α-hetero) is 1. The van der Waals surface area contributed by atoms with Gasteiger partial charge in [0.1, 0.15) is 5.75 Å². The lowest BCUT2D eigenvalue weighted by atomic mass is 9.84. The van der Waals surface area contributed by atoms with E-state index in [1.165, 1.54) is 17.3 Å². The molecule has 1 aliphatic heterocycles. The van der Waals surface area contributed by atoms with Crippen molar-refractivity contribution in [1.29, 1.82) is 0 Å². The second-order valence-corrected chi connectivity index (χ2v) is 6.64. The summed E-state index contributed by atoms with van der Waals surface area (Å²) in [5.74, 6) is -0.458. The number of phenols is 1. The summed E-state index contributed by atoms with van der Waals surface area (Å²) in [6.07, 6.45) is 4.58. The van der Waals surface area contributed by atoms with Crippen LogP contribution in [0.25, 0.3) is 0 Å². The molecule has 5 nitrogen and oxygen atoms in total. The lowest BCUT2D eigenvalue weighted by molar-refractivity contribution is 0.106. The van der Waals surface area contributed by atoms with Gasteiger partial charge in [-0.3, -0.25) is 4.79 Å². The van der Waals surface area contributed by atoms with Gasteiger partial charge in [-0.2, -0.15) is 10.2 Å². The number of likely N-dealkylation sites (N-methyl/N-ethyl adjacent to an activating group) is 1. The van der Waals surface area contributed by atoms with Crippen molar-refractivity contribution in [3.8, 4) is 5.75 Å². The maximum atomic E-state index is 12.0. The zero-order chi connectivity index (χ0) is 18.7. The van der Waals surface area contributed by atoms with Gasteiger partial charge in [-0.1, -0.05) is 44.2 Å². The first-order valence-electron chi connectivity index (χ1n) is 8.35. The summed E-state index contributed by atoms with van der Waals surface area (Å²) in [7, 11) is 2.03. The van der Waals surface area contributed by atoms with Crippen LogP contribution in [-0.2, 0) is 5.41 Å². The summed E-state index contributed by atoms with van der Waals surface area (Å²) < 4.78 is 0. The summed E-state index contributed by atoms with van der Waals surface area (Å²) >= 11 is 0. The van der Waals surface area contributed by atoms with Gasteiger partial charge in [-0.15, -0.1) is 0 Å². The van der Waals surface area contributed by atoms with Crippen molar-refractivity contribution in [3.63, 3.8) is 0 Å². The maximum Gasteiger partial charge on any atom is 0.209 e. The highest BCUT2D eigenvalue weighted by Gasteiger charge is 2.37. The van der Waals surface area contributed by atoms with E-state index in [1.807, 2.05) is 25.3 Å². The van der Waals surface area contributed by atoms with Crippen molar-refractivity contribution >= 4 is 23.9 Å². The van der Waals surface area contributed by atoms with Crippen molar-refractivity contribution < 1.29 is 9.90 Å². The topological polar surface area (TPSA) is 65.3 Å². The summed E-state index contributed by atoms with van der Waals surface area (Å²) in [5, 5.41) is 17.4. The van der Waals surface area contributed by atoms with Crippen LogP contribution in [0.3, 0.4) is 0 Å². The Bertz CT molecular complexity index is 926. The number of anilines is 1. The predicted molar refractivity (Wildman–Crippen MR) is 105 cm³/mol. The standard InChI is InChI=1S/C21H21N3O2/c1-21(2)16-9-5-6-10-17(16)24(3)20(21)12-13-22-23-14-19(26)15-8-4-7-11-18(15)25/h4-14,25H,1-3H3. The van der Waals surface area contributed by atoms with E-state index in [-0.39, 0.29) is 16.7 Å². The molecule has 2 aromatic rings. The van der Waals surface area contributed by atoms with E-state index in [0.717, 1.165) is 11.9 Å². The Morgan fingerprint density at radius 2 is 1.77 bits per heavy atom. The number of phenolic OH excluding ortho intramolecular Hbond substituents is 1. The lowest BCUT2D eigenvalue weighted by Crippen LogP contribution is -2.23. The number of benzene rings is 2. The molecule has 0 amide bonds. The molecule has 26 heavy (non-hydrogen) atoms. The average molecular weight is 347 g/mol. The summed E-state index contributed by atoms with van der Waals surface area (Å²) in [5.41, 5.74) is 3.62. The smallest absolute Gasteiger partial charge is 0.209 e. The van der Waals surface area contributed by atoms with Gasteiger partial charge in [-0.25, -0.2) is 0 Å². The van der Waals surface area contributed by atoms with Gasteiger partial charge in [0.15, 0.2) is 0 Å². The molecule has 0 unspecified atom stereocenters.